The highest BCUT2D eigenvalue weighted by Crippen LogP contribution is 2.17. The SMILES string of the molecule is Nc1cc(Br)cc(C(=O)OCCN2CCNC2=O)c1. The summed E-state index contributed by atoms with van der Waals surface area (Å²) in [6.07, 6.45) is 0. The van der Waals surface area contributed by atoms with Crippen LogP contribution >= 0.6 is 15.9 Å². The molecule has 1 aromatic carbocycles. The van der Waals surface area contributed by atoms with E-state index >= 15 is 0 Å². The fourth-order valence-electron chi connectivity index (χ4n) is 1.79. The lowest BCUT2D eigenvalue weighted by Gasteiger charge is -2.13. The van der Waals surface area contributed by atoms with Gasteiger partial charge in [0.15, 0.2) is 0 Å². The van der Waals surface area contributed by atoms with Crippen LogP contribution in [0.25, 0.3) is 0 Å². The minimum atomic E-state index is -0.451. The van der Waals surface area contributed by atoms with Crippen LogP contribution in [0.5, 0.6) is 0 Å². The molecule has 7 heteroatoms. The van der Waals surface area contributed by atoms with E-state index in [2.05, 4.69) is 21.2 Å². The summed E-state index contributed by atoms with van der Waals surface area (Å²) in [7, 11) is 0. The lowest BCUT2D eigenvalue weighted by Crippen LogP contribution is -2.31. The van der Waals surface area contributed by atoms with Gasteiger partial charge in [-0.25, -0.2) is 9.59 Å². The zero-order chi connectivity index (χ0) is 13.8. The largest absolute Gasteiger partial charge is 0.460 e. The third kappa shape index (κ3) is 3.60. The molecule has 0 unspecified atom stereocenters. The first-order valence-electron chi connectivity index (χ1n) is 5.82. The molecule has 0 atom stereocenters. The van der Waals surface area contributed by atoms with Gasteiger partial charge in [0.25, 0.3) is 0 Å². The summed E-state index contributed by atoms with van der Waals surface area (Å²) >= 11 is 3.26. The number of hydrogen-bond donors (Lipinski definition) is 2. The number of nitrogens with zero attached hydrogens (tertiary/aromatic N) is 1. The van der Waals surface area contributed by atoms with E-state index in [4.69, 9.17) is 10.5 Å². The Bertz CT molecular complexity index is 487. The second-order valence-electron chi connectivity index (χ2n) is 4.13. The summed E-state index contributed by atoms with van der Waals surface area (Å²) in [4.78, 5) is 24.6. The van der Waals surface area contributed by atoms with E-state index in [1.165, 1.54) is 0 Å². The van der Waals surface area contributed by atoms with Crippen LogP contribution in [0.2, 0.25) is 0 Å². The Kier molecular flexibility index (Phi) is 4.26. The van der Waals surface area contributed by atoms with E-state index in [1.807, 2.05) is 0 Å². The van der Waals surface area contributed by atoms with Gasteiger partial charge in [-0.15, -0.1) is 0 Å². The number of anilines is 1. The number of rotatable bonds is 4. The molecule has 19 heavy (non-hydrogen) atoms. The van der Waals surface area contributed by atoms with Gasteiger partial charge in [0.1, 0.15) is 6.61 Å². The van der Waals surface area contributed by atoms with Crippen LogP contribution in [0.15, 0.2) is 22.7 Å². The van der Waals surface area contributed by atoms with Crippen LogP contribution in [0.1, 0.15) is 10.4 Å². The maximum absolute atomic E-state index is 11.8. The van der Waals surface area contributed by atoms with Gasteiger partial charge in [-0.1, -0.05) is 15.9 Å². The third-order valence-electron chi connectivity index (χ3n) is 2.70. The van der Waals surface area contributed by atoms with Gasteiger partial charge in [-0.3, -0.25) is 0 Å². The van der Waals surface area contributed by atoms with Crippen molar-refractivity contribution in [2.45, 2.75) is 0 Å². The van der Waals surface area contributed by atoms with E-state index in [0.717, 1.165) is 4.47 Å². The molecule has 0 spiro atoms. The molecule has 0 radical (unpaired) electrons. The van der Waals surface area contributed by atoms with Crippen molar-refractivity contribution in [2.75, 3.05) is 32.0 Å². The fourth-order valence-corrected chi connectivity index (χ4v) is 2.30. The number of hydrogen-bond acceptors (Lipinski definition) is 4. The number of urea groups is 1. The maximum Gasteiger partial charge on any atom is 0.338 e. The Hall–Kier alpha value is -1.76. The van der Waals surface area contributed by atoms with Crippen LogP contribution < -0.4 is 11.1 Å². The highest BCUT2D eigenvalue weighted by atomic mass is 79.9. The van der Waals surface area contributed by atoms with Gasteiger partial charge in [-0.2, -0.15) is 0 Å². The van der Waals surface area contributed by atoms with Crippen molar-refractivity contribution < 1.29 is 14.3 Å². The number of esters is 1. The molecule has 0 bridgehead atoms. The molecule has 1 saturated heterocycles. The number of carbonyl (C=O) groups excluding carboxylic acids is 2. The monoisotopic (exact) mass is 327 g/mol. The summed E-state index contributed by atoms with van der Waals surface area (Å²) in [5.41, 5.74) is 6.52. The highest BCUT2D eigenvalue weighted by molar-refractivity contribution is 9.10. The zero-order valence-electron chi connectivity index (χ0n) is 10.2. The van der Waals surface area contributed by atoms with Crippen LogP contribution in [0.4, 0.5) is 10.5 Å². The van der Waals surface area contributed by atoms with Gasteiger partial charge >= 0.3 is 12.0 Å². The number of nitrogen functional groups attached to an aromatic ring is 1. The normalized spacial score (nSPS) is 14.4. The smallest absolute Gasteiger partial charge is 0.338 e. The van der Waals surface area contributed by atoms with Crippen molar-refractivity contribution in [3.05, 3.63) is 28.2 Å². The first-order chi connectivity index (χ1) is 9.06. The standard InChI is InChI=1S/C12H14BrN3O3/c13-9-5-8(6-10(14)7-9)11(17)19-4-3-16-2-1-15-12(16)18/h5-7H,1-4,14H2,(H,15,18). The Morgan fingerprint density at radius 3 is 2.89 bits per heavy atom. The maximum atomic E-state index is 11.8. The van der Waals surface area contributed by atoms with E-state index in [-0.39, 0.29) is 12.6 Å². The number of amides is 2. The first-order valence-corrected chi connectivity index (χ1v) is 6.61. The summed E-state index contributed by atoms with van der Waals surface area (Å²) in [6.45, 7) is 1.83. The van der Waals surface area contributed by atoms with Crippen molar-refractivity contribution in [3.63, 3.8) is 0 Å². The zero-order valence-corrected chi connectivity index (χ0v) is 11.8. The van der Waals surface area contributed by atoms with Crippen molar-refractivity contribution in [2.24, 2.45) is 0 Å². The van der Waals surface area contributed by atoms with Gasteiger partial charge in [-0.05, 0) is 18.2 Å². The number of nitrogens with two attached hydrogens (primary N) is 1. The molecule has 2 amide bonds. The molecule has 1 aromatic rings. The Morgan fingerprint density at radius 1 is 1.47 bits per heavy atom. The quantitative estimate of drug-likeness (QED) is 0.643. The van der Waals surface area contributed by atoms with Crippen LogP contribution in [-0.2, 0) is 4.74 Å². The number of carbonyl (C=O) groups is 2. The molecule has 1 fully saturated rings. The van der Waals surface area contributed by atoms with E-state index in [9.17, 15) is 9.59 Å². The minimum Gasteiger partial charge on any atom is -0.460 e. The molecular weight excluding hydrogens is 314 g/mol. The lowest BCUT2D eigenvalue weighted by molar-refractivity contribution is 0.0481. The lowest BCUT2D eigenvalue weighted by atomic mass is 10.2. The number of benzene rings is 1. The van der Waals surface area contributed by atoms with E-state index in [0.29, 0.717) is 30.9 Å². The van der Waals surface area contributed by atoms with Crippen LogP contribution in [0, 0.1) is 0 Å². The molecule has 3 N–H and O–H groups in total. The highest BCUT2D eigenvalue weighted by Gasteiger charge is 2.19. The second-order valence-corrected chi connectivity index (χ2v) is 5.04. The van der Waals surface area contributed by atoms with Crippen molar-refractivity contribution in [1.82, 2.24) is 10.2 Å². The van der Waals surface area contributed by atoms with Crippen molar-refractivity contribution in [1.29, 1.82) is 0 Å². The Balaban J connectivity index is 1.85. The summed E-state index contributed by atoms with van der Waals surface area (Å²) in [5.74, 6) is -0.451. The first kappa shape index (κ1) is 13.7. The van der Waals surface area contributed by atoms with Crippen LogP contribution in [0.3, 0.4) is 0 Å². The molecule has 6 nitrogen and oxygen atoms in total. The molecule has 1 heterocycles. The average molecular weight is 328 g/mol. The summed E-state index contributed by atoms with van der Waals surface area (Å²) < 4.78 is 5.83. The van der Waals surface area contributed by atoms with Crippen LogP contribution in [-0.4, -0.2) is 43.1 Å². The van der Waals surface area contributed by atoms with Gasteiger partial charge in [0.05, 0.1) is 12.1 Å². The number of halogens is 1. The molecule has 2 rings (SSSR count). The fraction of sp³-hybridized carbons (Fsp3) is 0.333. The van der Waals surface area contributed by atoms with Gasteiger partial charge < -0.3 is 20.7 Å². The molecule has 0 aromatic heterocycles. The number of ether oxygens (including phenoxy) is 1. The minimum absolute atomic E-state index is 0.122. The molecule has 1 aliphatic heterocycles. The second kappa shape index (κ2) is 5.92. The average Bonchev–Trinajstić information content (AvgIpc) is 2.74. The molecule has 102 valence electrons. The van der Waals surface area contributed by atoms with Crippen molar-refractivity contribution in [3.8, 4) is 0 Å². The predicted molar refractivity (Wildman–Crippen MR) is 73.8 cm³/mol. The summed E-state index contributed by atoms with van der Waals surface area (Å²) in [5, 5.41) is 2.68. The number of nitrogens with one attached hydrogen (secondary N) is 1. The van der Waals surface area contributed by atoms with E-state index in [1.54, 1.807) is 23.1 Å². The van der Waals surface area contributed by atoms with Gasteiger partial charge in [0.2, 0.25) is 0 Å². The van der Waals surface area contributed by atoms with Crippen molar-refractivity contribution >= 4 is 33.6 Å². The molecule has 1 aliphatic rings. The molecular formula is C12H14BrN3O3. The molecule has 0 aliphatic carbocycles. The van der Waals surface area contributed by atoms with Gasteiger partial charge in [0, 0.05) is 23.2 Å². The topological polar surface area (TPSA) is 84.7 Å². The Morgan fingerprint density at radius 2 is 2.26 bits per heavy atom. The molecule has 0 saturated carbocycles. The van der Waals surface area contributed by atoms with E-state index < -0.39 is 5.97 Å². The predicted octanol–water partition coefficient (Wildman–Crippen LogP) is 1.21. The summed E-state index contributed by atoms with van der Waals surface area (Å²) in [6, 6.07) is 4.77. The Labute approximate surface area is 119 Å². The third-order valence-corrected chi connectivity index (χ3v) is 3.15.